The molecule has 4 unspecified atom stereocenters. The minimum Gasteiger partial charge on any atom is -0.473 e. The van der Waals surface area contributed by atoms with Crippen LogP contribution in [0.3, 0.4) is 0 Å². The highest BCUT2D eigenvalue weighted by Crippen LogP contribution is 2.52. The molecule has 38 heavy (non-hydrogen) atoms. The van der Waals surface area contributed by atoms with Crippen LogP contribution < -0.4 is 30.7 Å². The third kappa shape index (κ3) is 6.05. The molecule has 0 saturated carbocycles. The van der Waals surface area contributed by atoms with Crippen molar-refractivity contribution in [2.24, 2.45) is 0 Å². The summed E-state index contributed by atoms with van der Waals surface area (Å²) >= 11 is 0. The lowest BCUT2D eigenvalue weighted by molar-refractivity contribution is -0.334. The number of ether oxygens (including phenoxy) is 3. The molecule has 4 atom stereocenters. The number of halogens is 7. The minimum atomic E-state index is -5.02. The maximum Gasteiger partial charge on any atom is 0.573 e. The van der Waals surface area contributed by atoms with Crippen LogP contribution in [0.4, 0.5) is 41.2 Å². The Hall–Kier alpha value is -3.30. The number of carbonyl (C=O) groups is 1. The molecule has 15 heteroatoms. The number of amides is 2. The predicted molar refractivity (Wildman–Crippen MR) is 119 cm³/mol. The van der Waals surface area contributed by atoms with Gasteiger partial charge in [0.05, 0.1) is 24.5 Å². The summed E-state index contributed by atoms with van der Waals surface area (Å²) in [6.45, 7) is 1.78. The predicted octanol–water partition coefficient (Wildman–Crippen LogP) is 4.34. The minimum absolute atomic E-state index is 0.0688. The topological polar surface area (TPSA) is 92.9 Å². The van der Waals surface area contributed by atoms with Crippen LogP contribution in [0, 0.1) is 5.82 Å². The van der Waals surface area contributed by atoms with E-state index in [0.717, 1.165) is 12.1 Å². The first kappa shape index (κ1) is 27.7. The van der Waals surface area contributed by atoms with Gasteiger partial charge in [-0.05, 0) is 25.1 Å². The maximum absolute atomic E-state index is 14.2. The second kappa shape index (κ2) is 10.5. The molecular formula is C23H23F7N4O4. The van der Waals surface area contributed by atoms with Crippen LogP contribution in [-0.4, -0.2) is 50.2 Å². The lowest BCUT2D eigenvalue weighted by Gasteiger charge is -2.44. The van der Waals surface area contributed by atoms with E-state index in [9.17, 15) is 35.5 Å². The van der Waals surface area contributed by atoms with E-state index in [1.165, 1.54) is 24.3 Å². The number of benzene rings is 2. The van der Waals surface area contributed by atoms with Crippen molar-refractivity contribution in [1.29, 1.82) is 0 Å². The molecule has 2 aromatic carbocycles. The molecule has 2 saturated heterocycles. The number of rotatable bonds is 6. The Morgan fingerprint density at radius 3 is 2.45 bits per heavy atom. The molecular weight excluding hydrogens is 529 g/mol. The molecule has 0 aromatic heterocycles. The molecule has 0 radical (unpaired) electrons. The fourth-order valence-electron chi connectivity index (χ4n) is 4.13. The largest absolute Gasteiger partial charge is 0.573 e. The molecule has 0 bridgehead atoms. The van der Waals surface area contributed by atoms with Crippen LogP contribution in [-0.2, 0) is 10.3 Å². The van der Waals surface area contributed by atoms with E-state index in [4.69, 9.17) is 9.47 Å². The number of carbonyl (C=O) groups excluding carboxylic acids is 1. The third-order valence-electron chi connectivity index (χ3n) is 6.00. The Labute approximate surface area is 211 Å². The summed E-state index contributed by atoms with van der Waals surface area (Å²) in [6, 6.07) is 5.90. The van der Waals surface area contributed by atoms with Gasteiger partial charge in [0.15, 0.2) is 11.8 Å². The zero-order valence-electron chi connectivity index (χ0n) is 19.7. The lowest BCUT2D eigenvalue weighted by atomic mass is 9.85. The van der Waals surface area contributed by atoms with E-state index >= 15 is 0 Å². The fourth-order valence-corrected chi connectivity index (χ4v) is 4.13. The number of nitrogens with one attached hydrogen (secondary N) is 4. The molecule has 2 amide bonds. The summed E-state index contributed by atoms with van der Waals surface area (Å²) in [5.74, 6) is -2.10. The maximum atomic E-state index is 14.2. The summed E-state index contributed by atoms with van der Waals surface area (Å²) in [5.41, 5.74) is -3.15. The van der Waals surface area contributed by atoms with Gasteiger partial charge in [-0.25, -0.2) is 9.18 Å². The van der Waals surface area contributed by atoms with E-state index in [2.05, 4.69) is 26.0 Å². The number of anilines is 1. The molecule has 4 N–H and O–H groups in total. The standard InChI is InChI=1S/C23H23F7N4O4/c1-12-31-11-17(34-20(35)33-16-7-6-13(10-15(16)24)38-23(28,29)30)19(32-12)37-18-5-3-2-4-14(18)21(8-9-36-21)22(25,26)27/h2-7,10,12,17,19,31-32H,8-9,11H2,1H3,(H2,33,34,35). The SMILES string of the molecule is CC1NCC(NC(=O)Nc2ccc(OC(F)(F)F)cc2F)C(Oc2ccccc2C2(C(F)(F)F)CCO2)N1. The normalized spacial score (nSPS) is 25.7. The molecule has 4 rings (SSSR count). The smallest absolute Gasteiger partial charge is 0.473 e. The number of para-hydroxylation sites is 1. The molecule has 208 valence electrons. The van der Waals surface area contributed by atoms with E-state index in [1.54, 1.807) is 6.92 Å². The first-order valence-corrected chi connectivity index (χ1v) is 11.4. The van der Waals surface area contributed by atoms with Crippen molar-refractivity contribution in [3.63, 3.8) is 0 Å². The second-order valence-electron chi connectivity index (χ2n) is 8.65. The molecule has 8 nitrogen and oxygen atoms in total. The second-order valence-corrected chi connectivity index (χ2v) is 8.65. The van der Waals surface area contributed by atoms with Crippen molar-refractivity contribution in [2.75, 3.05) is 18.5 Å². The van der Waals surface area contributed by atoms with Gasteiger partial charge in [-0.1, -0.05) is 18.2 Å². The highest BCUT2D eigenvalue weighted by atomic mass is 19.4. The van der Waals surface area contributed by atoms with Crippen molar-refractivity contribution < 1.29 is 49.7 Å². The van der Waals surface area contributed by atoms with E-state index in [-0.39, 0.29) is 37.1 Å². The highest BCUT2D eigenvalue weighted by molar-refractivity contribution is 5.89. The summed E-state index contributed by atoms with van der Waals surface area (Å²) in [5, 5.41) is 10.7. The van der Waals surface area contributed by atoms with Gasteiger partial charge in [0.1, 0.15) is 17.3 Å². The van der Waals surface area contributed by atoms with Crippen LogP contribution in [0.2, 0.25) is 0 Å². The van der Waals surface area contributed by atoms with Gasteiger partial charge in [0.2, 0.25) is 0 Å². The fraction of sp³-hybridized carbons (Fsp3) is 0.435. The molecule has 0 spiro atoms. The Morgan fingerprint density at radius 2 is 1.84 bits per heavy atom. The van der Waals surface area contributed by atoms with Gasteiger partial charge in [-0.3, -0.25) is 10.6 Å². The summed E-state index contributed by atoms with van der Waals surface area (Å²) in [4.78, 5) is 12.6. The number of urea groups is 1. The lowest BCUT2D eigenvalue weighted by Crippen LogP contribution is -2.67. The zero-order valence-corrected chi connectivity index (χ0v) is 19.7. The number of alkyl halides is 6. The van der Waals surface area contributed by atoms with E-state index in [0.29, 0.717) is 6.07 Å². The van der Waals surface area contributed by atoms with Crippen molar-refractivity contribution in [3.8, 4) is 11.5 Å². The van der Waals surface area contributed by atoms with Gasteiger partial charge in [-0.15, -0.1) is 13.2 Å². The summed E-state index contributed by atoms with van der Waals surface area (Å²) in [6.07, 6.45) is -11.4. The Morgan fingerprint density at radius 1 is 1.13 bits per heavy atom. The molecule has 2 fully saturated rings. The van der Waals surface area contributed by atoms with E-state index < -0.39 is 53.7 Å². The Balaban J connectivity index is 1.48. The monoisotopic (exact) mass is 552 g/mol. The van der Waals surface area contributed by atoms with E-state index in [1.807, 2.05) is 0 Å². The van der Waals surface area contributed by atoms with Crippen LogP contribution in [0.1, 0.15) is 18.9 Å². The van der Waals surface area contributed by atoms with Crippen molar-refractivity contribution in [2.45, 2.75) is 49.9 Å². The molecule has 2 aliphatic heterocycles. The Kier molecular flexibility index (Phi) is 7.63. The first-order valence-electron chi connectivity index (χ1n) is 11.4. The average molecular weight is 552 g/mol. The van der Waals surface area contributed by atoms with Gasteiger partial charge >= 0.3 is 18.6 Å². The van der Waals surface area contributed by atoms with Gasteiger partial charge in [0, 0.05) is 24.6 Å². The van der Waals surface area contributed by atoms with Crippen LogP contribution >= 0.6 is 0 Å². The quantitative estimate of drug-likeness (QED) is 0.399. The zero-order chi connectivity index (χ0) is 27.7. The number of hydrogen-bond acceptors (Lipinski definition) is 6. The van der Waals surface area contributed by atoms with Crippen molar-refractivity contribution in [3.05, 3.63) is 53.8 Å². The third-order valence-corrected chi connectivity index (χ3v) is 6.00. The summed E-state index contributed by atoms with van der Waals surface area (Å²) < 4.78 is 107. The average Bonchev–Trinajstić information content (AvgIpc) is 2.76. The highest BCUT2D eigenvalue weighted by Gasteiger charge is 2.62. The molecule has 0 aliphatic carbocycles. The molecule has 2 heterocycles. The van der Waals surface area contributed by atoms with Gasteiger partial charge in [0.25, 0.3) is 0 Å². The van der Waals surface area contributed by atoms with Crippen LogP contribution in [0.15, 0.2) is 42.5 Å². The molecule has 2 aromatic rings. The van der Waals surface area contributed by atoms with Gasteiger partial charge in [-0.2, -0.15) is 13.2 Å². The first-order chi connectivity index (χ1) is 17.8. The van der Waals surface area contributed by atoms with Crippen LogP contribution in [0.25, 0.3) is 0 Å². The Bertz CT molecular complexity index is 1160. The van der Waals surface area contributed by atoms with Crippen LogP contribution in [0.5, 0.6) is 11.5 Å². The summed E-state index contributed by atoms with van der Waals surface area (Å²) in [7, 11) is 0. The number of hydrogen-bond donors (Lipinski definition) is 4. The van der Waals surface area contributed by atoms with Crippen molar-refractivity contribution >= 4 is 11.7 Å². The van der Waals surface area contributed by atoms with Crippen molar-refractivity contribution in [1.82, 2.24) is 16.0 Å². The molecule has 2 aliphatic rings. The van der Waals surface area contributed by atoms with Gasteiger partial charge < -0.3 is 24.8 Å².